The van der Waals surface area contributed by atoms with Crippen molar-refractivity contribution in [2.75, 3.05) is 18.0 Å². The molecule has 2 N–H and O–H groups in total. The molecule has 1 amide bonds. The van der Waals surface area contributed by atoms with Crippen molar-refractivity contribution in [1.82, 2.24) is 15.5 Å². The van der Waals surface area contributed by atoms with Gasteiger partial charge in [0, 0.05) is 30.5 Å². The van der Waals surface area contributed by atoms with E-state index in [1.54, 1.807) is 12.1 Å². The van der Waals surface area contributed by atoms with Crippen LogP contribution >= 0.6 is 11.6 Å². The second-order valence-electron chi connectivity index (χ2n) is 5.82. The Morgan fingerprint density at radius 2 is 2.35 bits per heavy atom. The van der Waals surface area contributed by atoms with Gasteiger partial charge in [-0.1, -0.05) is 11.6 Å². The molecule has 1 saturated heterocycles. The van der Waals surface area contributed by atoms with Gasteiger partial charge >= 0.3 is 0 Å². The molecule has 23 heavy (non-hydrogen) atoms. The maximum absolute atomic E-state index is 13.5. The van der Waals surface area contributed by atoms with Gasteiger partial charge in [-0.15, -0.1) is 0 Å². The van der Waals surface area contributed by atoms with Crippen LogP contribution in [0.2, 0.25) is 5.02 Å². The first kappa shape index (κ1) is 15.8. The number of aryl methyl sites for hydroxylation is 1. The number of nitrogens with one attached hydrogen (secondary N) is 2. The van der Waals surface area contributed by atoms with Gasteiger partial charge in [-0.3, -0.25) is 9.89 Å². The van der Waals surface area contributed by atoms with Gasteiger partial charge in [0.1, 0.15) is 5.82 Å². The number of aromatic nitrogens is 2. The third-order valence-electron chi connectivity index (χ3n) is 3.92. The van der Waals surface area contributed by atoms with Crippen molar-refractivity contribution in [3.05, 3.63) is 46.5 Å². The van der Waals surface area contributed by atoms with Crippen molar-refractivity contribution in [2.45, 2.75) is 25.8 Å². The van der Waals surface area contributed by atoms with Gasteiger partial charge in [-0.2, -0.15) is 5.10 Å². The minimum Gasteiger partial charge on any atom is -0.369 e. The van der Waals surface area contributed by atoms with Gasteiger partial charge < -0.3 is 10.2 Å². The summed E-state index contributed by atoms with van der Waals surface area (Å²) in [6.45, 7) is 3.33. The van der Waals surface area contributed by atoms with Crippen LogP contribution in [0, 0.1) is 12.7 Å². The summed E-state index contributed by atoms with van der Waals surface area (Å²) < 4.78 is 13.5. The van der Waals surface area contributed by atoms with E-state index in [-0.39, 0.29) is 23.4 Å². The van der Waals surface area contributed by atoms with Crippen LogP contribution in [-0.2, 0) is 11.2 Å². The molecule has 1 aliphatic heterocycles. The number of anilines is 1. The van der Waals surface area contributed by atoms with E-state index in [2.05, 4.69) is 15.5 Å². The fourth-order valence-corrected chi connectivity index (χ4v) is 2.92. The van der Waals surface area contributed by atoms with Crippen molar-refractivity contribution < 1.29 is 9.18 Å². The number of nitrogens with zero attached hydrogens (tertiary/aromatic N) is 2. The number of aromatic amines is 1. The van der Waals surface area contributed by atoms with E-state index < -0.39 is 5.82 Å². The number of rotatable bonds is 4. The molecule has 0 spiro atoms. The molecule has 0 saturated carbocycles. The van der Waals surface area contributed by atoms with Crippen LogP contribution in [-0.4, -0.2) is 35.2 Å². The smallest absolute Gasteiger partial charge is 0.226 e. The quantitative estimate of drug-likeness (QED) is 0.901. The Bertz CT molecular complexity index is 718. The van der Waals surface area contributed by atoms with Crippen LogP contribution in [0.5, 0.6) is 0 Å². The largest absolute Gasteiger partial charge is 0.369 e. The minimum atomic E-state index is -0.425. The lowest BCUT2D eigenvalue weighted by atomic mass is 10.2. The average Bonchev–Trinajstić information content (AvgIpc) is 3.11. The molecule has 0 unspecified atom stereocenters. The summed E-state index contributed by atoms with van der Waals surface area (Å²) in [6.07, 6.45) is 1.09. The molecule has 0 radical (unpaired) electrons. The minimum absolute atomic E-state index is 0.0503. The van der Waals surface area contributed by atoms with Crippen molar-refractivity contribution in [3.8, 4) is 0 Å². The third kappa shape index (κ3) is 3.82. The predicted molar refractivity (Wildman–Crippen MR) is 87.2 cm³/mol. The van der Waals surface area contributed by atoms with E-state index in [4.69, 9.17) is 11.6 Å². The van der Waals surface area contributed by atoms with Gasteiger partial charge in [-0.25, -0.2) is 4.39 Å². The van der Waals surface area contributed by atoms with E-state index in [1.165, 1.54) is 6.07 Å². The van der Waals surface area contributed by atoms with Crippen LogP contribution in [0.1, 0.15) is 17.8 Å². The van der Waals surface area contributed by atoms with Crippen molar-refractivity contribution in [2.24, 2.45) is 0 Å². The molecule has 2 aromatic rings. The van der Waals surface area contributed by atoms with Gasteiger partial charge in [0.25, 0.3) is 0 Å². The van der Waals surface area contributed by atoms with Crippen molar-refractivity contribution >= 4 is 23.2 Å². The SMILES string of the molecule is Cc1cc(CC(=O)N[C@@H]2CCN(c3ccc(Cl)c(F)c3)C2)n[nH]1. The van der Waals surface area contributed by atoms with E-state index in [9.17, 15) is 9.18 Å². The van der Waals surface area contributed by atoms with Crippen LogP contribution < -0.4 is 10.2 Å². The Morgan fingerprint density at radius 3 is 3.04 bits per heavy atom. The number of halogens is 2. The lowest BCUT2D eigenvalue weighted by molar-refractivity contribution is -0.121. The lowest BCUT2D eigenvalue weighted by Crippen LogP contribution is -2.38. The summed E-state index contributed by atoms with van der Waals surface area (Å²) in [5.41, 5.74) is 2.45. The first-order valence-electron chi connectivity index (χ1n) is 7.51. The highest BCUT2D eigenvalue weighted by atomic mass is 35.5. The molecule has 122 valence electrons. The van der Waals surface area contributed by atoms with Crippen LogP contribution in [0.3, 0.4) is 0 Å². The maximum Gasteiger partial charge on any atom is 0.226 e. The number of carbonyl (C=O) groups is 1. The Balaban J connectivity index is 1.55. The number of amides is 1. The van der Waals surface area contributed by atoms with Crippen LogP contribution in [0.25, 0.3) is 0 Å². The summed E-state index contributed by atoms with van der Waals surface area (Å²) in [6, 6.07) is 6.69. The highest BCUT2D eigenvalue weighted by Gasteiger charge is 2.24. The number of hydrogen-bond acceptors (Lipinski definition) is 3. The van der Waals surface area contributed by atoms with Crippen molar-refractivity contribution in [3.63, 3.8) is 0 Å². The van der Waals surface area contributed by atoms with E-state index in [0.717, 1.165) is 30.0 Å². The molecule has 1 aromatic heterocycles. The summed E-state index contributed by atoms with van der Waals surface area (Å²) in [5, 5.41) is 10.0. The zero-order valence-electron chi connectivity index (χ0n) is 12.8. The highest BCUT2D eigenvalue weighted by Crippen LogP contribution is 2.25. The summed E-state index contributed by atoms with van der Waals surface area (Å²) in [7, 11) is 0. The fraction of sp³-hybridized carbons (Fsp3) is 0.375. The molecular weight excluding hydrogens is 319 g/mol. The molecule has 7 heteroatoms. The first-order valence-corrected chi connectivity index (χ1v) is 7.89. The molecule has 1 aliphatic rings. The lowest BCUT2D eigenvalue weighted by Gasteiger charge is -2.19. The Kier molecular flexibility index (Phi) is 4.52. The summed E-state index contributed by atoms with van der Waals surface area (Å²) >= 11 is 5.70. The molecule has 5 nitrogen and oxygen atoms in total. The van der Waals surface area contributed by atoms with E-state index in [1.807, 2.05) is 17.9 Å². The van der Waals surface area contributed by atoms with E-state index in [0.29, 0.717) is 6.54 Å². The molecule has 1 aromatic carbocycles. The molecule has 3 rings (SSSR count). The first-order chi connectivity index (χ1) is 11.0. The van der Waals surface area contributed by atoms with Crippen LogP contribution in [0.15, 0.2) is 24.3 Å². The zero-order valence-corrected chi connectivity index (χ0v) is 13.5. The highest BCUT2D eigenvalue weighted by molar-refractivity contribution is 6.30. The second-order valence-corrected chi connectivity index (χ2v) is 6.22. The normalized spacial score (nSPS) is 17.5. The Morgan fingerprint density at radius 1 is 1.52 bits per heavy atom. The number of carbonyl (C=O) groups excluding carboxylic acids is 1. The van der Waals surface area contributed by atoms with Crippen molar-refractivity contribution in [1.29, 1.82) is 0 Å². The third-order valence-corrected chi connectivity index (χ3v) is 4.23. The average molecular weight is 337 g/mol. The summed E-state index contributed by atoms with van der Waals surface area (Å²) in [5.74, 6) is -0.476. The molecule has 0 aliphatic carbocycles. The predicted octanol–water partition coefficient (Wildman–Crippen LogP) is 2.45. The fourth-order valence-electron chi connectivity index (χ4n) is 2.80. The summed E-state index contributed by atoms with van der Waals surface area (Å²) in [4.78, 5) is 14.1. The monoisotopic (exact) mass is 336 g/mol. The molecule has 2 heterocycles. The molecule has 1 atom stereocenters. The van der Waals surface area contributed by atoms with Gasteiger partial charge in [0.05, 0.1) is 17.1 Å². The molecule has 1 fully saturated rings. The van der Waals surface area contributed by atoms with Crippen LogP contribution in [0.4, 0.5) is 10.1 Å². The number of benzene rings is 1. The number of hydrogen-bond donors (Lipinski definition) is 2. The molecular formula is C16H18ClFN4O. The Hall–Kier alpha value is -2.08. The molecule has 0 bridgehead atoms. The maximum atomic E-state index is 13.5. The standard InChI is InChI=1S/C16H18ClFN4O/c1-10-6-12(21-20-10)7-16(23)19-11-4-5-22(9-11)13-2-3-14(17)15(18)8-13/h2-3,6,8,11H,4-5,7,9H2,1H3,(H,19,23)(H,20,21)/t11-/m1/s1. The second kappa shape index (κ2) is 6.58. The van der Waals surface area contributed by atoms with Gasteiger partial charge in [0.15, 0.2) is 0 Å². The zero-order chi connectivity index (χ0) is 16.4. The van der Waals surface area contributed by atoms with Gasteiger partial charge in [0.2, 0.25) is 5.91 Å². The van der Waals surface area contributed by atoms with E-state index >= 15 is 0 Å². The Labute approximate surface area is 138 Å². The topological polar surface area (TPSA) is 61.0 Å². The number of H-pyrrole nitrogens is 1. The van der Waals surface area contributed by atoms with Gasteiger partial charge in [-0.05, 0) is 37.6 Å².